The summed E-state index contributed by atoms with van der Waals surface area (Å²) in [7, 11) is -2.18. The molecule has 0 aliphatic rings. The van der Waals surface area contributed by atoms with E-state index in [4.69, 9.17) is 5.73 Å². The van der Waals surface area contributed by atoms with Gasteiger partial charge in [0.05, 0.1) is 6.04 Å². The average Bonchev–Trinajstić information content (AvgIpc) is 2.46. The summed E-state index contributed by atoms with van der Waals surface area (Å²) in [6.45, 7) is 0. The smallest absolute Gasteiger partial charge is 0.121 e. The fourth-order valence-electron chi connectivity index (χ4n) is 2.01. The van der Waals surface area contributed by atoms with E-state index in [1.807, 2.05) is 0 Å². The van der Waals surface area contributed by atoms with Crippen LogP contribution in [0.3, 0.4) is 0 Å². The number of aromatic hydroxyl groups is 1. The van der Waals surface area contributed by atoms with Gasteiger partial charge in [0, 0.05) is 49.5 Å². The maximum Gasteiger partial charge on any atom is 0.121 e. The fraction of sp³-hybridized carbons (Fsp3) is 0.200. The van der Waals surface area contributed by atoms with Crippen LogP contribution in [0.25, 0.3) is 0 Å². The van der Waals surface area contributed by atoms with Crippen LogP contribution >= 0.6 is 0 Å². The van der Waals surface area contributed by atoms with Crippen LogP contribution in [0.4, 0.5) is 0 Å². The van der Waals surface area contributed by atoms with Crippen LogP contribution in [0.15, 0.2) is 52.3 Å². The Morgan fingerprint density at radius 2 is 1.48 bits per heavy atom. The van der Waals surface area contributed by atoms with Crippen molar-refractivity contribution < 1.29 is 13.5 Å². The molecule has 0 amide bonds. The largest absolute Gasteiger partial charge is 0.508 e. The van der Waals surface area contributed by atoms with E-state index >= 15 is 0 Å². The number of phenols is 1. The first-order valence-electron chi connectivity index (χ1n) is 6.25. The van der Waals surface area contributed by atoms with Crippen molar-refractivity contribution in [3.05, 3.63) is 53.6 Å². The number of benzene rings is 2. The maximum atomic E-state index is 11.4. The molecule has 0 fully saturated rings. The second-order valence-corrected chi connectivity index (χ2v) is 7.43. The van der Waals surface area contributed by atoms with Crippen molar-refractivity contribution in [2.75, 3.05) is 12.5 Å². The lowest BCUT2D eigenvalue weighted by atomic mass is 9.99. The highest BCUT2D eigenvalue weighted by atomic mass is 32.2. The zero-order valence-electron chi connectivity index (χ0n) is 11.8. The van der Waals surface area contributed by atoms with Crippen molar-refractivity contribution >= 4 is 21.6 Å². The highest BCUT2D eigenvalue weighted by Crippen LogP contribution is 2.29. The topological polar surface area (TPSA) is 80.4 Å². The summed E-state index contributed by atoms with van der Waals surface area (Å²) >= 11 is 0. The molecule has 3 N–H and O–H groups in total. The first-order valence-corrected chi connectivity index (χ1v) is 9.37. The summed E-state index contributed by atoms with van der Waals surface area (Å²) in [5.74, 6) is 0.0262. The molecule has 6 heteroatoms. The van der Waals surface area contributed by atoms with E-state index in [0.29, 0.717) is 10.5 Å². The van der Waals surface area contributed by atoms with Gasteiger partial charge in [-0.25, -0.2) is 0 Å². The van der Waals surface area contributed by atoms with Gasteiger partial charge in [-0.1, -0.05) is 18.2 Å². The number of hydrogen-bond acceptors (Lipinski definition) is 4. The van der Waals surface area contributed by atoms with Crippen molar-refractivity contribution in [2.45, 2.75) is 15.8 Å². The molecule has 0 bridgehead atoms. The molecule has 3 atom stereocenters. The molecule has 0 aromatic heterocycles. The number of rotatable bonds is 4. The van der Waals surface area contributed by atoms with Gasteiger partial charge in [0.1, 0.15) is 5.75 Å². The summed E-state index contributed by atoms with van der Waals surface area (Å²) in [5.41, 5.74) is 7.53. The third-order valence-electron chi connectivity index (χ3n) is 3.24. The SMILES string of the molecule is CS(=O)c1ccc(C(N)c2ccc(S(C)=O)cc2O)cc1. The fourth-order valence-corrected chi connectivity index (χ4v) is 3.07. The molecule has 0 aliphatic heterocycles. The van der Waals surface area contributed by atoms with E-state index in [1.165, 1.54) is 6.07 Å². The second kappa shape index (κ2) is 6.51. The quantitative estimate of drug-likeness (QED) is 0.901. The zero-order valence-corrected chi connectivity index (χ0v) is 13.4. The van der Waals surface area contributed by atoms with Gasteiger partial charge in [-0.05, 0) is 29.8 Å². The Bertz CT molecular complexity index is 699. The minimum atomic E-state index is -1.15. The van der Waals surface area contributed by atoms with Crippen LogP contribution in [0, 0.1) is 0 Å². The van der Waals surface area contributed by atoms with E-state index in [0.717, 1.165) is 10.5 Å². The molecule has 0 spiro atoms. The normalized spacial score (nSPS) is 15.4. The minimum Gasteiger partial charge on any atom is -0.508 e. The molecule has 0 saturated heterocycles. The number of hydrogen-bond donors (Lipinski definition) is 2. The molecule has 2 aromatic carbocycles. The van der Waals surface area contributed by atoms with E-state index in [1.54, 1.807) is 48.9 Å². The van der Waals surface area contributed by atoms with Gasteiger partial charge in [0.15, 0.2) is 0 Å². The third kappa shape index (κ3) is 3.58. The number of phenolic OH excluding ortho intramolecular Hbond substituents is 1. The zero-order chi connectivity index (χ0) is 15.6. The third-order valence-corrected chi connectivity index (χ3v) is 5.09. The Morgan fingerprint density at radius 1 is 0.952 bits per heavy atom. The summed E-state index contributed by atoms with van der Waals surface area (Å²) in [6, 6.07) is 11.5. The van der Waals surface area contributed by atoms with Crippen molar-refractivity contribution in [2.24, 2.45) is 5.73 Å². The number of nitrogens with two attached hydrogens (primary N) is 1. The summed E-state index contributed by atoms with van der Waals surface area (Å²) in [6.07, 6.45) is 3.17. The van der Waals surface area contributed by atoms with Crippen LogP contribution in [-0.2, 0) is 21.6 Å². The standard InChI is InChI=1S/C15H17NO3S2/c1-20(18)11-5-3-10(4-6-11)15(16)13-8-7-12(21(2)19)9-14(13)17/h3-9,15,17H,16H2,1-2H3. The second-order valence-electron chi connectivity index (χ2n) is 4.68. The predicted octanol–water partition coefficient (Wildman–Crippen LogP) is 1.92. The predicted molar refractivity (Wildman–Crippen MR) is 85.2 cm³/mol. The lowest BCUT2D eigenvalue weighted by Crippen LogP contribution is -2.12. The average molecular weight is 323 g/mol. The molecule has 21 heavy (non-hydrogen) atoms. The van der Waals surface area contributed by atoms with Gasteiger partial charge in [0.25, 0.3) is 0 Å². The molecule has 2 aromatic rings. The van der Waals surface area contributed by atoms with Crippen LogP contribution < -0.4 is 5.73 Å². The Hall–Kier alpha value is -1.50. The summed E-state index contributed by atoms with van der Waals surface area (Å²) < 4.78 is 22.8. The van der Waals surface area contributed by atoms with E-state index in [-0.39, 0.29) is 5.75 Å². The Balaban J connectivity index is 2.33. The van der Waals surface area contributed by atoms with Gasteiger partial charge in [-0.3, -0.25) is 8.42 Å². The Kier molecular flexibility index (Phi) is 4.92. The Labute approximate surface area is 128 Å². The van der Waals surface area contributed by atoms with Crippen LogP contribution in [-0.4, -0.2) is 26.0 Å². The van der Waals surface area contributed by atoms with Crippen molar-refractivity contribution in [1.82, 2.24) is 0 Å². The highest BCUT2D eigenvalue weighted by Gasteiger charge is 2.14. The molecule has 0 saturated carbocycles. The molecule has 2 rings (SSSR count). The summed E-state index contributed by atoms with van der Waals surface area (Å²) in [4.78, 5) is 1.28. The van der Waals surface area contributed by atoms with E-state index in [9.17, 15) is 13.5 Å². The lowest BCUT2D eigenvalue weighted by molar-refractivity contribution is 0.463. The lowest BCUT2D eigenvalue weighted by Gasteiger charge is -2.15. The van der Waals surface area contributed by atoms with Crippen LogP contribution in [0.5, 0.6) is 5.75 Å². The van der Waals surface area contributed by atoms with E-state index in [2.05, 4.69) is 0 Å². The van der Waals surface area contributed by atoms with Gasteiger partial charge in [-0.15, -0.1) is 0 Å². The van der Waals surface area contributed by atoms with Crippen LogP contribution in [0.2, 0.25) is 0 Å². The molecule has 0 heterocycles. The van der Waals surface area contributed by atoms with Crippen molar-refractivity contribution in [3.63, 3.8) is 0 Å². The molecular formula is C15H17NO3S2. The van der Waals surface area contributed by atoms with Gasteiger partial charge < -0.3 is 10.8 Å². The molecule has 4 nitrogen and oxygen atoms in total. The summed E-state index contributed by atoms with van der Waals surface area (Å²) in [5, 5.41) is 10.1. The Morgan fingerprint density at radius 3 is 1.95 bits per heavy atom. The van der Waals surface area contributed by atoms with E-state index < -0.39 is 27.6 Å². The van der Waals surface area contributed by atoms with Gasteiger partial charge >= 0.3 is 0 Å². The maximum absolute atomic E-state index is 11.4. The first-order chi connectivity index (χ1) is 9.90. The minimum absolute atomic E-state index is 0.0262. The molecular weight excluding hydrogens is 306 g/mol. The molecule has 0 aliphatic carbocycles. The monoisotopic (exact) mass is 323 g/mol. The van der Waals surface area contributed by atoms with Gasteiger partial charge in [-0.2, -0.15) is 0 Å². The van der Waals surface area contributed by atoms with Crippen LogP contribution in [0.1, 0.15) is 17.2 Å². The van der Waals surface area contributed by atoms with Gasteiger partial charge in [0.2, 0.25) is 0 Å². The molecule has 112 valence electrons. The molecule has 0 radical (unpaired) electrons. The highest BCUT2D eigenvalue weighted by molar-refractivity contribution is 7.84. The molecule has 3 unspecified atom stereocenters. The first kappa shape index (κ1) is 15.9. The van der Waals surface area contributed by atoms with Crippen molar-refractivity contribution in [3.8, 4) is 5.75 Å². The van der Waals surface area contributed by atoms with Crippen molar-refractivity contribution in [1.29, 1.82) is 0 Å².